The molecule has 33 heavy (non-hydrogen) atoms. The lowest BCUT2D eigenvalue weighted by molar-refractivity contribution is -0.136. The van der Waals surface area contributed by atoms with Gasteiger partial charge in [0.1, 0.15) is 17.8 Å². The molecule has 5 nitrogen and oxygen atoms in total. The molecule has 4 rings (SSSR count). The molecule has 9 heteroatoms. The number of aromatic nitrogens is 2. The number of benzene rings is 3. The molecule has 0 N–H and O–H groups in total. The molecule has 1 heterocycles. The number of ether oxygens (including phenoxy) is 1. The van der Waals surface area contributed by atoms with E-state index in [9.17, 15) is 21.6 Å². The fourth-order valence-electron chi connectivity index (χ4n) is 3.51. The number of para-hydroxylation sites is 1. The Morgan fingerprint density at radius 1 is 0.909 bits per heavy atom. The lowest BCUT2D eigenvalue weighted by Crippen LogP contribution is -2.07. The Kier molecular flexibility index (Phi) is 6.07. The zero-order chi connectivity index (χ0) is 23.6. The van der Waals surface area contributed by atoms with E-state index in [1.165, 1.54) is 24.3 Å². The molecule has 0 radical (unpaired) electrons. The van der Waals surface area contributed by atoms with Crippen molar-refractivity contribution < 1.29 is 26.3 Å². The fraction of sp³-hybridized carbons (Fsp3) is 0.167. The summed E-state index contributed by atoms with van der Waals surface area (Å²) in [6.07, 6.45) is -2.94. The number of nitrogens with zero attached hydrogens (tertiary/aromatic N) is 2. The van der Waals surface area contributed by atoms with Gasteiger partial charge in [-0.2, -0.15) is 13.2 Å². The van der Waals surface area contributed by atoms with Crippen LogP contribution in [0.15, 0.2) is 78.0 Å². The average Bonchev–Trinajstić information content (AvgIpc) is 2.78. The average molecular weight is 472 g/mol. The maximum Gasteiger partial charge on any atom is 0.418 e. The molecule has 0 aliphatic heterocycles. The van der Waals surface area contributed by atoms with Crippen molar-refractivity contribution in [3.8, 4) is 22.8 Å². The largest absolute Gasteiger partial charge is 0.457 e. The van der Waals surface area contributed by atoms with E-state index in [1.54, 1.807) is 43.3 Å². The van der Waals surface area contributed by atoms with Crippen molar-refractivity contribution in [1.29, 1.82) is 0 Å². The van der Waals surface area contributed by atoms with Crippen LogP contribution in [0, 0.1) is 0 Å². The summed E-state index contributed by atoms with van der Waals surface area (Å²) >= 11 is 0. The third-order valence-corrected chi connectivity index (χ3v) is 6.87. The first-order valence-corrected chi connectivity index (χ1v) is 11.8. The van der Waals surface area contributed by atoms with Gasteiger partial charge < -0.3 is 4.74 Å². The van der Waals surface area contributed by atoms with E-state index in [0.717, 1.165) is 12.4 Å². The van der Waals surface area contributed by atoms with Gasteiger partial charge in [-0.25, -0.2) is 18.4 Å². The number of sulfone groups is 1. The topological polar surface area (TPSA) is 69.2 Å². The predicted molar refractivity (Wildman–Crippen MR) is 119 cm³/mol. The van der Waals surface area contributed by atoms with Crippen LogP contribution in [0.2, 0.25) is 0 Å². The van der Waals surface area contributed by atoms with Crippen molar-refractivity contribution in [3.05, 3.63) is 78.6 Å². The van der Waals surface area contributed by atoms with E-state index >= 15 is 0 Å². The molecular weight excluding hydrogens is 453 g/mol. The molecule has 0 unspecified atom stereocenters. The third kappa shape index (κ3) is 4.83. The van der Waals surface area contributed by atoms with Crippen molar-refractivity contribution in [2.24, 2.45) is 0 Å². The van der Waals surface area contributed by atoms with Crippen LogP contribution in [0.1, 0.15) is 18.9 Å². The van der Waals surface area contributed by atoms with Crippen molar-refractivity contribution in [2.75, 3.05) is 5.75 Å². The molecule has 0 amide bonds. The number of hydrogen-bond donors (Lipinski definition) is 0. The van der Waals surface area contributed by atoms with Crippen LogP contribution in [0.4, 0.5) is 13.2 Å². The first-order chi connectivity index (χ1) is 15.7. The summed E-state index contributed by atoms with van der Waals surface area (Å²) in [5.74, 6) is 0.750. The van der Waals surface area contributed by atoms with Crippen molar-refractivity contribution in [3.63, 3.8) is 0 Å². The predicted octanol–water partition coefficient (Wildman–Crippen LogP) is 6.29. The van der Waals surface area contributed by atoms with E-state index < -0.39 is 21.6 Å². The Labute approximate surface area is 188 Å². The lowest BCUT2D eigenvalue weighted by atomic mass is 10.0. The molecule has 4 aromatic rings. The van der Waals surface area contributed by atoms with Gasteiger partial charge in [0.05, 0.1) is 27.4 Å². The smallest absolute Gasteiger partial charge is 0.418 e. The van der Waals surface area contributed by atoms with Crippen molar-refractivity contribution in [2.45, 2.75) is 24.4 Å². The van der Waals surface area contributed by atoms with Crippen LogP contribution in [0.5, 0.6) is 11.5 Å². The molecule has 0 aliphatic carbocycles. The summed E-state index contributed by atoms with van der Waals surface area (Å²) in [5, 5.41) is 0.261. The van der Waals surface area contributed by atoms with Crippen LogP contribution in [0.25, 0.3) is 22.2 Å². The Hall–Kier alpha value is -3.46. The number of halogens is 3. The molecule has 170 valence electrons. The number of rotatable bonds is 6. The second kappa shape index (κ2) is 8.82. The van der Waals surface area contributed by atoms with Gasteiger partial charge >= 0.3 is 6.18 Å². The maximum atomic E-state index is 13.4. The maximum absolute atomic E-state index is 13.4. The summed E-state index contributed by atoms with van der Waals surface area (Å²) in [6, 6.07) is 16.7. The van der Waals surface area contributed by atoms with E-state index in [4.69, 9.17) is 4.74 Å². The molecule has 0 atom stereocenters. The van der Waals surface area contributed by atoms with Gasteiger partial charge in [0.2, 0.25) is 0 Å². The highest BCUT2D eigenvalue weighted by Gasteiger charge is 2.33. The minimum absolute atomic E-state index is 0.0344. The standard InChI is InChI=1S/C24H19F3N2O3S/c1-2-12-33(30,31)19-9-4-8-18(14-19)32-17-7-3-6-16(13-17)22-20-10-5-11-21(24(25,26)27)23(20)29-15-28-22/h3-11,13-15H,2,12H2,1H3. The van der Waals surface area contributed by atoms with E-state index in [-0.39, 0.29) is 21.6 Å². The SMILES string of the molecule is CCCS(=O)(=O)c1cccc(Oc2cccc(-c3ncnc4c(C(F)(F)F)cccc34)c2)c1. The molecule has 0 fully saturated rings. The monoisotopic (exact) mass is 472 g/mol. The highest BCUT2D eigenvalue weighted by atomic mass is 32.2. The minimum Gasteiger partial charge on any atom is -0.457 e. The van der Waals surface area contributed by atoms with Gasteiger partial charge in [0.25, 0.3) is 0 Å². The highest BCUT2D eigenvalue weighted by molar-refractivity contribution is 7.91. The van der Waals surface area contributed by atoms with E-state index in [1.807, 2.05) is 0 Å². The van der Waals surface area contributed by atoms with Gasteiger partial charge in [-0.3, -0.25) is 0 Å². The van der Waals surface area contributed by atoms with Crippen LogP contribution in [-0.2, 0) is 16.0 Å². The molecule has 0 aliphatic rings. The summed E-state index contributed by atoms with van der Waals surface area (Å²) in [7, 11) is -3.41. The molecule has 3 aromatic carbocycles. The van der Waals surface area contributed by atoms with Crippen molar-refractivity contribution >= 4 is 20.7 Å². The Bertz CT molecular complexity index is 1420. The molecule has 0 saturated heterocycles. The Morgan fingerprint density at radius 3 is 2.33 bits per heavy atom. The summed E-state index contributed by atoms with van der Waals surface area (Å²) in [5.41, 5.74) is -0.152. The first-order valence-electron chi connectivity index (χ1n) is 10.1. The quantitative estimate of drug-likeness (QED) is 0.330. The number of hydrogen-bond acceptors (Lipinski definition) is 5. The second-order valence-electron chi connectivity index (χ2n) is 7.35. The van der Waals surface area contributed by atoms with E-state index in [2.05, 4.69) is 9.97 Å². The molecule has 0 saturated carbocycles. The van der Waals surface area contributed by atoms with Gasteiger partial charge in [0.15, 0.2) is 9.84 Å². The normalized spacial score (nSPS) is 12.1. The fourth-order valence-corrected chi connectivity index (χ4v) is 4.86. The molecule has 0 bridgehead atoms. The number of fused-ring (bicyclic) bond motifs is 1. The molecular formula is C24H19F3N2O3S. The van der Waals surface area contributed by atoms with E-state index in [0.29, 0.717) is 29.2 Å². The molecule has 0 spiro atoms. The molecule has 1 aromatic heterocycles. The summed E-state index contributed by atoms with van der Waals surface area (Å²) in [6.45, 7) is 1.79. The van der Waals surface area contributed by atoms with Crippen molar-refractivity contribution in [1.82, 2.24) is 9.97 Å². The summed E-state index contributed by atoms with van der Waals surface area (Å²) < 4.78 is 70.8. The minimum atomic E-state index is -4.54. The first kappa shape index (κ1) is 22.7. The zero-order valence-electron chi connectivity index (χ0n) is 17.5. The van der Waals surface area contributed by atoms with Gasteiger partial charge in [0, 0.05) is 10.9 Å². The van der Waals surface area contributed by atoms with Gasteiger partial charge in [-0.15, -0.1) is 0 Å². The third-order valence-electron chi connectivity index (χ3n) is 4.95. The van der Waals surface area contributed by atoms with Crippen LogP contribution < -0.4 is 4.74 Å². The Balaban J connectivity index is 1.71. The summed E-state index contributed by atoms with van der Waals surface area (Å²) in [4.78, 5) is 8.22. The lowest BCUT2D eigenvalue weighted by Gasteiger charge is -2.12. The second-order valence-corrected chi connectivity index (χ2v) is 9.45. The van der Waals surface area contributed by atoms with Crippen LogP contribution in [-0.4, -0.2) is 24.1 Å². The highest BCUT2D eigenvalue weighted by Crippen LogP contribution is 2.37. The number of alkyl halides is 3. The van der Waals surface area contributed by atoms with Gasteiger partial charge in [-0.05, 0) is 42.8 Å². The van der Waals surface area contributed by atoms with Crippen LogP contribution >= 0.6 is 0 Å². The Morgan fingerprint density at radius 2 is 1.61 bits per heavy atom. The zero-order valence-corrected chi connectivity index (χ0v) is 18.3. The van der Waals surface area contributed by atoms with Gasteiger partial charge in [-0.1, -0.05) is 37.3 Å². The van der Waals surface area contributed by atoms with Crippen LogP contribution in [0.3, 0.4) is 0 Å².